The van der Waals surface area contributed by atoms with Crippen LogP contribution in [-0.2, 0) is 9.59 Å². The van der Waals surface area contributed by atoms with Crippen molar-refractivity contribution < 1.29 is 9.59 Å². The van der Waals surface area contributed by atoms with Gasteiger partial charge in [-0.3, -0.25) is 14.5 Å². The molecule has 0 aromatic heterocycles. The quantitative estimate of drug-likeness (QED) is 0.761. The molecule has 1 aliphatic rings. The fourth-order valence-electron chi connectivity index (χ4n) is 3.16. The molecule has 3 N–H and O–H groups in total. The number of hydrogen-bond donors (Lipinski definition) is 2. The van der Waals surface area contributed by atoms with E-state index in [-0.39, 0.29) is 23.8 Å². The average Bonchev–Trinajstić information content (AvgIpc) is 2.56. The molecule has 1 saturated heterocycles. The third kappa shape index (κ3) is 5.70. The molecule has 0 bridgehead atoms. The van der Waals surface area contributed by atoms with E-state index in [1.807, 2.05) is 43.3 Å². The summed E-state index contributed by atoms with van der Waals surface area (Å²) in [5, 5.41) is 3.70. The van der Waals surface area contributed by atoms with Gasteiger partial charge in [0.05, 0.1) is 12.6 Å². The largest absolute Gasteiger partial charge is 0.369 e. The molecule has 2 amide bonds. The zero-order chi connectivity index (χ0) is 18.4. The first-order chi connectivity index (χ1) is 11.9. The standard InChI is InChI=1S/C18H27ClN4O2/c1-22(2)16(14-5-3-4-6-15(14)19)11-21-17(24)12-23-9-7-13(8-10-23)18(20)25/h3-6,13,16H,7-12H2,1-2H3,(H2,20,25)(H,21,24). The summed E-state index contributed by atoms with van der Waals surface area (Å²) in [7, 11) is 3.93. The van der Waals surface area contributed by atoms with Crippen LogP contribution in [0.15, 0.2) is 24.3 Å². The van der Waals surface area contributed by atoms with Crippen molar-refractivity contribution in [2.45, 2.75) is 18.9 Å². The number of nitrogens with two attached hydrogens (primary N) is 1. The van der Waals surface area contributed by atoms with Crippen LogP contribution in [-0.4, -0.2) is 61.9 Å². The zero-order valence-electron chi connectivity index (χ0n) is 14.9. The topological polar surface area (TPSA) is 78.7 Å². The number of benzene rings is 1. The number of nitrogens with zero attached hydrogens (tertiary/aromatic N) is 2. The number of likely N-dealkylation sites (tertiary alicyclic amines) is 1. The first kappa shape index (κ1) is 19.7. The Kier molecular flexibility index (Phi) is 7.23. The lowest BCUT2D eigenvalue weighted by atomic mass is 9.96. The molecule has 2 rings (SSSR count). The molecule has 1 aromatic rings. The van der Waals surface area contributed by atoms with Gasteiger partial charge in [0.2, 0.25) is 11.8 Å². The molecule has 1 heterocycles. The lowest BCUT2D eigenvalue weighted by Gasteiger charge is -2.30. The molecule has 6 nitrogen and oxygen atoms in total. The molecule has 0 aliphatic carbocycles. The molecule has 7 heteroatoms. The van der Waals surface area contributed by atoms with Gasteiger partial charge in [0.15, 0.2) is 0 Å². The number of halogens is 1. The Morgan fingerprint density at radius 3 is 2.52 bits per heavy atom. The number of carbonyl (C=O) groups excluding carboxylic acids is 2. The van der Waals surface area contributed by atoms with Crippen molar-refractivity contribution in [3.8, 4) is 0 Å². The van der Waals surface area contributed by atoms with Gasteiger partial charge in [0.25, 0.3) is 0 Å². The molecular weight excluding hydrogens is 340 g/mol. The Labute approximate surface area is 154 Å². The van der Waals surface area contributed by atoms with Crippen molar-refractivity contribution in [2.24, 2.45) is 11.7 Å². The van der Waals surface area contributed by atoms with Crippen LogP contribution in [0, 0.1) is 5.92 Å². The predicted octanol–water partition coefficient (Wildman–Crippen LogP) is 1.26. The minimum Gasteiger partial charge on any atom is -0.369 e. The summed E-state index contributed by atoms with van der Waals surface area (Å²) in [6.07, 6.45) is 1.45. The number of piperidine rings is 1. The molecule has 25 heavy (non-hydrogen) atoms. The maximum atomic E-state index is 12.3. The van der Waals surface area contributed by atoms with Gasteiger partial charge in [0, 0.05) is 17.5 Å². The molecule has 0 radical (unpaired) electrons. The van der Waals surface area contributed by atoms with Crippen LogP contribution in [0.25, 0.3) is 0 Å². The second kappa shape index (κ2) is 9.17. The van der Waals surface area contributed by atoms with Crippen molar-refractivity contribution in [1.82, 2.24) is 15.1 Å². The number of likely N-dealkylation sites (N-methyl/N-ethyl adjacent to an activating group) is 1. The van der Waals surface area contributed by atoms with E-state index in [0.29, 0.717) is 18.1 Å². The number of hydrogen-bond acceptors (Lipinski definition) is 4. The van der Waals surface area contributed by atoms with Crippen LogP contribution in [0.5, 0.6) is 0 Å². The minimum absolute atomic E-state index is 0.0123. The van der Waals surface area contributed by atoms with Crippen LogP contribution in [0.2, 0.25) is 5.02 Å². The van der Waals surface area contributed by atoms with E-state index < -0.39 is 0 Å². The van der Waals surface area contributed by atoms with Crippen molar-refractivity contribution in [1.29, 1.82) is 0 Å². The minimum atomic E-state index is -0.238. The van der Waals surface area contributed by atoms with E-state index in [9.17, 15) is 9.59 Å². The SMILES string of the molecule is CN(C)C(CNC(=O)CN1CCC(C(N)=O)CC1)c1ccccc1Cl. The monoisotopic (exact) mass is 366 g/mol. The third-order valence-electron chi connectivity index (χ3n) is 4.74. The summed E-state index contributed by atoms with van der Waals surface area (Å²) in [4.78, 5) is 27.6. The highest BCUT2D eigenvalue weighted by Gasteiger charge is 2.24. The van der Waals surface area contributed by atoms with Crippen LogP contribution in [0.3, 0.4) is 0 Å². The van der Waals surface area contributed by atoms with Crippen molar-refractivity contribution in [2.75, 3.05) is 40.3 Å². The molecule has 138 valence electrons. The lowest BCUT2D eigenvalue weighted by Crippen LogP contribution is -2.45. The summed E-state index contributed by atoms with van der Waals surface area (Å²) in [6, 6.07) is 7.69. The molecule has 1 aliphatic heterocycles. The Hall–Kier alpha value is -1.63. The highest BCUT2D eigenvalue weighted by molar-refractivity contribution is 6.31. The van der Waals surface area contributed by atoms with E-state index in [0.717, 1.165) is 31.5 Å². The molecule has 0 spiro atoms. The number of nitrogens with one attached hydrogen (secondary N) is 1. The Morgan fingerprint density at radius 1 is 1.32 bits per heavy atom. The van der Waals surface area contributed by atoms with Crippen LogP contribution >= 0.6 is 11.6 Å². The van der Waals surface area contributed by atoms with Crippen LogP contribution < -0.4 is 11.1 Å². The maximum Gasteiger partial charge on any atom is 0.234 e. The number of rotatable bonds is 7. The highest BCUT2D eigenvalue weighted by Crippen LogP contribution is 2.25. The number of carbonyl (C=O) groups is 2. The Morgan fingerprint density at radius 2 is 1.96 bits per heavy atom. The molecule has 1 unspecified atom stereocenters. The fourth-order valence-corrected chi connectivity index (χ4v) is 3.42. The molecular formula is C18H27ClN4O2. The van der Waals surface area contributed by atoms with Gasteiger partial charge in [-0.05, 0) is 51.7 Å². The van der Waals surface area contributed by atoms with Gasteiger partial charge >= 0.3 is 0 Å². The van der Waals surface area contributed by atoms with Crippen molar-refractivity contribution in [3.05, 3.63) is 34.9 Å². The van der Waals surface area contributed by atoms with Crippen LogP contribution in [0.4, 0.5) is 0 Å². The Bertz CT molecular complexity index is 600. The van der Waals surface area contributed by atoms with Crippen molar-refractivity contribution >= 4 is 23.4 Å². The van der Waals surface area contributed by atoms with Crippen molar-refractivity contribution in [3.63, 3.8) is 0 Å². The smallest absolute Gasteiger partial charge is 0.234 e. The van der Waals surface area contributed by atoms with Gasteiger partial charge in [-0.15, -0.1) is 0 Å². The third-order valence-corrected chi connectivity index (χ3v) is 5.08. The van der Waals surface area contributed by atoms with E-state index in [2.05, 4.69) is 10.2 Å². The van der Waals surface area contributed by atoms with E-state index >= 15 is 0 Å². The first-order valence-electron chi connectivity index (χ1n) is 8.57. The van der Waals surface area contributed by atoms with Gasteiger partial charge in [-0.1, -0.05) is 29.8 Å². The summed E-state index contributed by atoms with van der Waals surface area (Å²) in [5.41, 5.74) is 6.34. The van der Waals surface area contributed by atoms with Gasteiger partial charge in [-0.2, -0.15) is 0 Å². The normalized spacial score (nSPS) is 17.4. The summed E-state index contributed by atoms with van der Waals surface area (Å²) in [6.45, 7) is 2.28. The average molecular weight is 367 g/mol. The molecule has 1 fully saturated rings. The predicted molar refractivity (Wildman–Crippen MR) is 99.2 cm³/mol. The second-order valence-electron chi connectivity index (χ2n) is 6.76. The fraction of sp³-hybridized carbons (Fsp3) is 0.556. The summed E-state index contributed by atoms with van der Waals surface area (Å²) in [5.74, 6) is -0.313. The molecule has 1 aromatic carbocycles. The molecule has 1 atom stereocenters. The first-order valence-corrected chi connectivity index (χ1v) is 8.95. The Balaban J connectivity index is 1.84. The number of primary amides is 1. The number of amides is 2. The van der Waals surface area contributed by atoms with E-state index in [4.69, 9.17) is 17.3 Å². The van der Waals surface area contributed by atoms with Gasteiger partial charge < -0.3 is 16.0 Å². The second-order valence-corrected chi connectivity index (χ2v) is 7.16. The lowest BCUT2D eigenvalue weighted by molar-refractivity contribution is -0.124. The van der Waals surface area contributed by atoms with Gasteiger partial charge in [-0.25, -0.2) is 0 Å². The van der Waals surface area contributed by atoms with E-state index in [1.165, 1.54) is 0 Å². The zero-order valence-corrected chi connectivity index (χ0v) is 15.6. The summed E-state index contributed by atoms with van der Waals surface area (Å²) < 4.78 is 0. The molecule has 0 saturated carbocycles. The van der Waals surface area contributed by atoms with Crippen LogP contribution in [0.1, 0.15) is 24.4 Å². The van der Waals surface area contributed by atoms with Gasteiger partial charge in [0.1, 0.15) is 0 Å². The van der Waals surface area contributed by atoms with E-state index in [1.54, 1.807) is 0 Å². The maximum absolute atomic E-state index is 12.3. The summed E-state index contributed by atoms with van der Waals surface area (Å²) >= 11 is 6.29. The highest BCUT2D eigenvalue weighted by atomic mass is 35.5.